The Balaban J connectivity index is 1.15. The highest BCUT2D eigenvalue weighted by Crippen LogP contribution is 2.46. The minimum absolute atomic E-state index is 0.0342. The molecular formula is C56H74FN3O13. The van der Waals surface area contributed by atoms with E-state index < -0.39 is 48.4 Å². The van der Waals surface area contributed by atoms with Crippen molar-refractivity contribution >= 4 is 41.3 Å². The molecule has 1 fully saturated rings. The van der Waals surface area contributed by atoms with E-state index in [0.717, 1.165) is 61.8 Å². The number of carbonyl (C=O) groups is 6. The number of ether oxygens (including phenoxy) is 6. The van der Waals surface area contributed by atoms with Crippen LogP contribution in [0.3, 0.4) is 0 Å². The van der Waals surface area contributed by atoms with Crippen molar-refractivity contribution in [1.29, 1.82) is 0 Å². The van der Waals surface area contributed by atoms with E-state index in [2.05, 4.69) is 23.8 Å². The van der Waals surface area contributed by atoms with Crippen molar-refractivity contribution in [2.24, 2.45) is 5.92 Å². The Labute approximate surface area is 428 Å². The molecular weight excluding hydrogens is 942 g/mol. The third-order valence-corrected chi connectivity index (χ3v) is 12.3. The first-order chi connectivity index (χ1) is 34.9. The zero-order valence-electron chi connectivity index (χ0n) is 43.2. The summed E-state index contributed by atoms with van der Waals surface area (Å²) in [6, 6.07) is 20.7. The Hall–Kier alpha value is -6.75. The summed E-state index contributed by atoms with van der Waals surface area (Å²) in [6.45, 7) is 14.1. The van der Waals surface area contributed by atoms with Gasteiger partial charge < -0.3 is 49.1 Å². The number of hydrogen-bond donors (Lipinski definition) is 3. The molecule has 0 saturated carbocycles. The van der Waals surface area contributed by atoms with Gasteiger partial charge in [0.2, 0.25) is 17.7 Å². The second kappa shape index (κ2) is 30.3. The molecule has 16 nitrogen and oxygen atoms in total. The van der Waals surface area contributed by atoms with Crippen LogP contribution in [0.25, 0.3) is 0 Å². The van der Waals surface area contributed by atoms with Crippen LogP contribution in [0.15, 0.2) is 97.5 Å². The van der Waals surface area contributed by atoms with Gasteiger partial charge in [0, 0.05) is 45.8 Å². The van der Waals surface area contributed by atoms with Crippen LogP contribution in [-0.2, 0) is 59.0 Å². The molecule has 0 aromatic heterocycles. The SMILES string of the molecule is C=C(C)O[C@@H]([C@H](OC(C)=O)[C@@H](COC(C)=O)OC(=C)C)[C@H](CNC(=O)CCCCCCCCCCC(=O)NCc1ccc(N2C(=O)[C@H](CCC(O)c3ccc(F)cc3)[C@H]2c2ccc(OC)cc2)cc1)OC(C)=O. The number of β-lactam (4-membered cyclic amide) rings is 1. The largest absolute Gasteiger partial charge is 0.497 e. The average Bonchev–Trinajstić information content (AvgIpc) is 3.34. The van der Waals surface area contributed by atoms with E-state index >= 15 is 0 Å². The first kappa shape index (κ1) is 58.8. The Morgan fingerprint density at radius 3 is 1.75 bits per heavy atom. The van der Waals surface area contributed by atoms with E-state index in [1.807, 2.05) is 48.5 Å². The number of allylic oxidation sites excluding steroid dienone is 2. The molecule has 3 aromatic rings. The normalized spacial score (nSPS) is 16.1. The standard InChI is InChI=1S/C56H74FN3O13/c1-36(2)70-50(35-69-38(5)61)55(73-40(7)63)54(71-37(3)4)49(72-39(6)62)34-59-52(66)18-16-14-12-10-9-11-13-15-17-51(65)58-33-41-19-27-45(28-20-41)60-53(43-23-29-46(68-8)30-24-43)47(56(60)67)31-32-48(64)42-21-25-44(57)26-22-42/h19-30,47-50,53-55,64H,1,3,9-18,31-35H2,2,4-8H3,(H,58,65)(H,59,66)/t47-,48?,49+,50-,53-,54-,55-/m1/s1. The zero-order chi connectivity index (χ0) is 53.5. The van der Waals surface area contributed by atoms with Crippen LogP contribution in [0.2, 0.25) is 0 Å². The van der Waals surface area contributed by atoms with Crippen LogP contribution in [0.4, 0.5) is 10.1 Å². The molecule has 1 aliphatic rings. The van der Waals surface area contributed by atoms with Crippen molar-refractivity contribution in [2.75, 3.05) is 25.2 Å². The average molecular weight is 1020 g/mol. The molecule has 398 valence electrons. The van der Waals surface area contributed by atoms with E-state index in [0.29, 0.717) is 43.5 Å². The number of anilines is 1. The highest BCUT2D eigenvalue weighted by Gasteiger charge is 2.48. The Kier molecular flexibility index (Phi) is 24.4. The quantitative estimate of drug-likeness (QED) is 0.0172. The second-order valence-electron chi connectivity index (χ2n) is 18.4. The molecule has 0 aliphatic carbocycles. The molecule has 7 atom stereocenters. The summed E-state index contributed by atoms with van der Waals surface area (Å²) in [5.41, 5.74) is 3.18. The minimum atomic E-state index is -1.28. The van der Waals surface area contributed by atoms with Crippen molar-refractivity contribution in [3.8, 4) is 5.75 Å². The van der Waals surface area contributed by atoms with Gasteiger partial charge in [-0.25, -0.2) is 4.39 Å². The maximum absolute atomic E-state index is 13.7. The van der Waals surface area contributed by atoms with Gasteiger partial charge >= 0.3 is 17.9 Å². The van der Waals surface area contributed by atoms with Gasteiger partial charge in [0.05, 0.1) is 43.2 Å². The fourth-order valence-corrected chi connectivity index (χ4v) is 8.71. The molecule has 3 amide bonds. The lowest BCUT2D eigenvalue weighted by molar-refractivity contribution is -0.187. The number of amides is 3. The molecule has 0 spiro atoms. The summed E-state index contributed by atoms with van der Waals surface area (Å²) >= 11 is 0. The summed E-state index contributed by atoms with van der Waals surface area (Å²) in [5.74, 6) is -1.94. The number of aliphatic hydroxyl groups is 1. The number of carbonyl (C=O) groups excluding carboxylic acids is 6. The third kappa shape index (κ3) is 20.0. The molecule has 0 radical (unpaired) electrons. The molecule has 3 aromatic carbocycles. The fourth-order valence-electron chi connectivity index (χ4n) is 8.71. The van der Waals surface area contributed by atoms with E-state index in [1.165, 1.54) is 32.9 Å². The molecule has 1 saturated heterocycles. The van der Waals surface area contributed by atoms with Gasteiger partial charge in [0.15, 0.2) is 24.4 Å². The van der Waals surface area contributed by atoms with Crippen LogP contribution in [0, 0.1) is 11.7 Å². The summed E-state index contributed by atoms with van der Waals surface area (Å²) in [5, 5.41) is 16.6. The number of methoxy groups -OCH3 is 1. The lowest BCUT2D eigenvalue weighted by atomic mass is 9.78. The van der Waals surface area contributed by atoms with Crippen molar-refractivity contribution in [1.82, 2.24) is 10.6 Å². The lowest BCUT2D eigenvalue weighted by Crippen LogP contribution is -2.55. The first-order valence-corrected chi connectivity index (χ1v) is 25.0. The number of benzene rings is 3. The van der Waals surface area contributed by atoms with Crippen LogP contribution in [0.1, 0.15) is 141 Å². The maximum atomic E-state index is 13.7. The highest BCUT2D eigenvalue weighted by molar-refractivity contribution is 6.03. The maximum Gasteiger partial charge on any atom is 0.303 e. The van der Waals surface area contributed by atoms with Crippen molar-refractivity contribution < 1.29 is 66.7 Å². The number of unbranched alkanes of at least 4 members (excludes halogenated alkanes) is 7. The van der Waals surface area contributed by atoms with Gasteiger partial charge in [0.25, 0.3) is 0 Å². The number of hydrogen-bond acceptors (Lipinski definition) is 13. The minimum Gasteiger partial charge on any atom is -0.497 e. The van der Waals surface area contributed by atoms with E-state index in [-0.39, 0.29) is 66.6 Å². The second-order valence-corrected chi connectivity index (χ2v) is 18.4. The molecule has 3 N–H and O–H groups in total. The number of nitrogens with zero attached hydrogens (tertiary/aromatic N) is 1. The highest BCUT2D eigenvalue weighted by atomic mass is 19.1. The molecule has 4 rings (SSSR count). The van der Waals surface area contributed by atoms with Crippen molar-refractivity contribution in [2.45, 2.75) is 155 Å². The summed E-state index contributed by atoms with van der Waals surface area (Å²) in [6.07, 6.45) is 2.90. The number of aliphatic hydroxyl groups excluding tert-OH is 1. The van der Waals surface area contributed by atoms with Crippen LogP contribution in [0.5, 0.6) is 5.75 Å². The predicted molar refractivity (Wildman–Crippen MR) is 272 cm³/mol. The monoisotopic (exact) mass is 1020 g/mol. The number of rotatable bonds is 33. The van der Waals surface area contributed by atoms with E-state index in [1.54, 1.807) is 38.0 Å². The van der Waals surface area contributed by atoms with Gasteiger partial charge in [-0.2, -0.15) is 0 Å². The first-order valence-electron chi connectivity index (χ1n) is 25.0. The molecule has 0 bridgehead atoms. The molecule has 1 unspecified atom stereocenters. The number of esters is 3. The van der Waals surface area contributed by atoms with Crippen LogP contribution < -0.4 is 20.3 Å². The zero-order valence-corrected chi connectivity index (χ0v) is 43.2. The van der Waals surface area contributed by atoms with Crippen molar-refractivity contribution in [3.05, 3.63) is 120 Å². The molecule has 1 heterocycles. The van der Waals surface area contributed by atoms with Gasteiger partial charge in [-0.05, 0) is 92.6 Å². The summed E-state index contributed by atoms with van der Waals surface area (Å²) in [7, 11) is 1.60. The van der Waals surface area contributed by atoms with Gasteiger partial charge in [0.1, 0.15) is 18.2 Å². The smallest absolute Gasteiger partial charge is 0.303 e. The van der Waals surface area contributed by atoms with Crippen LogP contribution in [-0.4, -0.2) is 85.4 Å². The van der Waals surface area contributed by atoms with Gasteiger partial charge in [-0.3, -0.25) is 28.8 Å². The Bertz CT molecular complexity index is 2290. The Morgan fingerprint density at radius 1 is 0.671 bits per heavy atom. The van der Waals surface area contributed by atoms with E-state index in [4.69, 9.17) is 28.4 Å². The van der Waals surface area contributed by atoms with Crippen molar-refractivity contribution in [3.63, 3.8) is 0 Å². The fraction of sp³-hybridized carbons (Fsp3) is 0.500. The predicted octanol–water partition coefficient (Wildman–Crippen LogP) is 8.95. The third-order valence-electron chi connectivity index (χ3n) is 12.3. The van der Waals surface area contributed by atoms with Crippen LogP contribution >= 0.6 is 0 Å². The Morgan fingerprint density at radius 2 is 1.22 bits per heavy atom. The number of nitrogens with one attached hydrogen (secondary N) is 2. The van der Waals surface area contributed by atoms with Gasteiger partial charge in [-0.1, -0.05) is 88.1 Å². The topological polar surface area (TPSA) is 205 Å². The molecule has 17 heteroatoms. The van der Waals surface area contributed by atoms with E-state index in [9.17, 15) is 38.3 Å². The lowest BCUT2D eigenvalue weighted by Gasteiger charge is -2.48. The van der Waals surface area contributed by atoms with Gasteiger partial charge in [-0.15, -0.1) is 0 Å². The molecule has 73 heavy (non-hydrogen) atoms. The summed E-state index contributed by atoms with van der Waals surface area (Å²) in [4.78, 5) is 77.3. The summed E-state index contributed by atoms with van der Waals surface area (Å²) < 4.78 is 46.8. The number of halogens is 1. The molecule has 1 aliphatic heterocycles.